The maximum Gasteiger partial charge on any atom is 0.164 e. The van der Waals surface area contributed by atoms with E-state index >= 15 is 4.39 Å². The molecule has 5 rings (SSSR count). The summed E-state index contributed by atoms with van der Waals surface area (Å²) in [5.41, 5.74) is 4.85. The predicted molar refractivity (Wildman–Crippen MR) is 123 cm³/mol. The predicted octanol–water partition coefficient (Wildman–Crippen LogP) is 4.50. The minimum atomic E-state index is -0.178. The van der Waals surface area contributed by atoms with Crippen LogP contribution in [0.15, 0.2) is 42.7 Å². The van der Waals surface area contributed by atoms with Crippen LogP contribution in [0.4, 0.5) is 4.39 Å². The number of rotatable bonds is 4. The smallest absolute Gasteiger partial charge is 0.164 e. The first kappa shape index (κ1) is 20.7. The number of fused-ring (bicyclic) bond motifs is 1. The number of likely N-dealkylation sites (tertiary alicyclic amines) is 1. The minimum Gasteiger partial charge on any atom is -0.306 e. The zero-order valence-corrected chi connectivity index (χ0v) is 18.7. The molecule has 0 spiro atoms. The van der Waals surface area contributed by atoms with Crippen LogP contribution >= 0.6 is 0 Å². The molecule has 1 aliphatic rings. The highest BCUT2D eigenvalue weighted by molar-refractivity contribution is 5.79. The lowest BCUT2D eigenvalue weighted by molar-refractivity contribution is 0.255. The van der Waals surface area contributed by atoms with Gasteiger partial charge < -0.3 is 9.47 Å². The lowest BCUT2D eigenvalue weighted by Gasteiger charge is -2.29. The Bertz CT molecular complexity index is 1260. The van der Waals surface area contributed by atoms with Crippen molar-refractivity contribution in [3.8, 4) is 11.4 Å². The zero-order valence-electron chi connectivity index (χ0n) is 18.7. The van der Waals surface area contributed by atoms with Crippen molar-refractivity contribution < 1.29 is 4.39 Å². The fourth-order valence-electron chi connectivity index (χ4n) is 4.60. The van der Waals surface area contributed by atoms with Crippen molar-refractivity contribution in [3.63, 3.8) is 0 Å². The van der Waals surface area contributed by atoms with Gasteiger partial charge in [0.05, 0.1) is 12.2 Å². The maximum absolute atomic E-state index is 15.3. The molecule has 1 saturated heterocycles. The molecule has 7 heteroatoms. The molecule has 0 saturated carbocycles. The van der Waals surface area contributed by atoms with Crippen LogP contribution < -0.4 is 0 Å². The molecule has 4 aromatic rings. The van der Waals surface area contributed by atoms with Gasteiger partial charge >= 0.3 is 0 Å². The summed E-state index contributed by atoms with van der Waals surface area (Å²) in [5.74, 6) is 1.64. The van der Waals surface area contributed by atoms with Crippen molar-refractivity contribution in [1.29, 1.82) is 0 Å². The van der Waals surface area contributed by atoms with Gasteiger partial charge in [0.2, 0.25) is 0 Å². The molecule has 0 bridgehead atoms. The van der Waals surface area contributed by atoms with Crippen molar-refractivity contribution in [1.82, 2.24) is 29.4 Å². The number of nitrogens with zero attached hydrogens (tertiary/aromatic N) is 6. The second-order valence-corrected chi connectivity index (χ2v) is 8.72. The van der Waals surface area contributed by atoms with Crippen LogP contribution in [0.5, 0.6) is 0 Å². The molecule has 0 aliphatic carbocycles. The van der Waals surface area contributed by atoms with Crippen LogP contribution in [-0.4, -0.2) is 49.5 Å². The van der Waals surface area contributed by atoms with E-state index in [0.717, 1.165) is 54.1 Å². The summed E-state index contributed by atoms with van der Waals surface area (Å²) in [6.07, 6.45) is 5.64. The van der Waals surface area contributed by atoms with Gasteiger partial charge in [-0.3, -0.25) is 4.98 Å². The number of piperidine rings is 1. The van der Waals surface area contributed by atoms with Gasteiger partial charge in [-0.1, -0.05) is 12.1 Å². The normalized spacial score (nSPS) is 15.5. The van der Waals surface area contributed by atoms with Gasteiger partial charge in [-0.05, 0) is 76.5 Å². The first-order chi connectivity index (χ1) is 15.5. The SMILES string of the molecule is Cc1nc(C)c2nc(-c3cccnc3)n(Cc3ccc(C4CCN(C)CC4)cc3F)c2n1. The lowest BCUT2D eigenvalue weighted by atomic mass is 9.89. The Morgan fingerprint density at radius 1 is 1.06 bits per heavy atom. The second-order valence-electron chi connectivity index (χ2n) is 8.72. The summed E-state index contributed by atoms with van der Waals surface area (Å²) < 4.78 is 17.3. The number of aromatic nitrogens is 5. The van der Waals surface area contributed by atoms with E-state index in [4.69, 9.17) is 4.98 Å². The van der Waals surface area contributed by atoms with Crippen molar-refractivity contribution >= 4 is 11.2 Å². The van der Waals surface area contributed by atoms with Crippen LogP contribution in [0.25, 0.3) is 22.6 Å². The highest BCUT2D eigenvalue weighted by atomic mass is 19.1. The van der Waals surface area contributed by atoms with Gasteiger partial charge in [-0.25, -0.2) is 19.3 Å². The third kappa shape index (κ3) is 3.88. The van der Waals surface area contributed by atoms with E-state index in [-0.39, 0.29) is 5.82 Å². The van der Waals surface area contributed by atoms with E-state index in [1.54, 1.807) is 18.5 Å². The maximum atomic E-state index is 15.3. The molecule has 1 fully saturated rings. The van der Waals surface area contributed by atoms with E-state index < -0.39 is 0 Å². The number of pyridine rings is 1. The van der Waals surface area contributed by atoms with Crippen LogP contribution in [0, 0.1) is 19.7 Å². The lowest BCUT2D eigenvalue weighted by Crippen LogP contribution is -2.29. The van der Waals surface area contributed by atoms with E-state index in [0.29, 0.717) is 29.5 Å². The standard InChI is InChI=1S/C25H27FN6/c1-16-23-25(29-17(2)28-16)32(24(30-23)20-5-4-10-27-14-20)15-21-7-6-19(13-22(21)26)18-8-11-31(3)12-9-18/h4-7,10,13-14,18H,8-9,11-12,15H2,1-3H3. The molecule has 0 unspecified atom stereocenters. The molecule has 0 amide bonds. The average Bonchev–Trinajstić information content (AvgIpc) is 3.15. The molecule has 1 aromatic carbocycles. The Morgan fingerprint density at radius 3 is 2.59 bits per heavy atom. The second kappa shape index (κ2) is 8.39. The summed E-state index contributed by atoms with van der Waals surface area (Å²) in [6, 6.07) is 9.56. The fourth-order valence-corrected chi connectivity index (χ4v) is 4.60. The molecular weight excluding hydrogens is 403 g/mol. The first-order valence-electron chi connectivity index (χ1n) is 11.1. The minimum absolute atomic E-state index is 0.178. The Kier molecular flexibility index (Phi) is 5.43. The number of imidazole rings is 1. The largest absolute Gasteiger partial charge is 0.306 e. The fraction of sp³-hybridized carbons (Fsp3) is 0.360. The van der Waals surface area contributed by atoms with Gasteiger partial charge in [-0.15, -0.1) is 0 Å². The molecule has 6 nitrogen and oxygen atoms in total. The van der Waals surface area contributed by atoms with Gasteiger partial charge in [0, 0.05) is 23.5 Å². The van der Waals surface area contributed by atoms with E-state index in [9.17, 15) is 0 Å². The van der Waals surface area contributed by atoms with Crippen LogP contribution in [-0.2, 0) is 6.54 Å². The summed E-state index contributed by atoms with van der Waals surface area (Å²) in [7, 11) is 2.14. The number of hydrogen-bond donors (Lipinski definition) is 0. The Hall–Kier alpha value is -3.19. The summed E-state index contributed by atoms with van der Waals surface area (Å²) in [5, 5.41) is 0. The quantitative estimate of drug-likeness (QED) is 0.477. The Morgan fingerprint density at radius 2 is 1.88 bits per heavy atom. The molecule has 0 radical (unpaired) electrons. The number of aryl methyl sites for hydroxylation is 2. The van der Waals surface area contributed by atoms with Gasteiger partial charge in [0.1, 0.15) is 23.0 Å². The van der Waals surface area contributed by atoms with Gasteiger partial charge in [-0.2, -0.15) is 0 Å². The van der Waals surface area contributed by atoms with E-state index in [1.807, 2.05) is 36.6 Å². The number of benzene rings is 1. The first-order valence-corrected chi connectivity index (χ1v) is 11.1. The average molecular weight is 431 g/mol. The molecule has 32 heavy (non-hydrogen) atoms. The van der Waals surface area contributed by atoms with Crippen LogP contribution in [0.1, 0.15) is 41.4 Å². The topological polar surface area (TPSA) is 59.7 Å². The molecule has 0 N–H and O–H groups in total. The number of halogens is 1. The van der Waals surface area contributed by atoms with Crippen molar-refractivity contribution in [2.24, 2.45) is 0 Å². The highest BCUT2D eigenvalue weighted by Crippen LogP contribution is 2.30. The van der Waals surface area contributed by atoms with Gasteiger partial charge in [0.15, 0.2) is 5.65 Å². The molecule has 164 valence electrons. The Labute approximate surface area is 187 Å². The summed E-state index contributed by atoms with van der Waals surface area (Å²) in [6.45, 7) is 6.25. The molecular formula is C25H27FN6. The summed E-state index contributed by atoms with van der Waals surface area (Å²) >= 11 is 0. The molecule has 0 atom stereocenters. The van der Waals surface area contributed by atoms with E-state index in [1.165, 1.54) is 0 Å². The number of hydrogen-bond acceptors (Lipinski definition) is 5. The van der Waals surface area contributed by atoms with Gasteiger partial charge in [0.25, 0.3) is 0 Å². The van der Waals surface area contributed by atoms with Crippen molar-refractivity contribution in [2.75, 3.05) is 20.1 Å². The molecule has 4 heterocycles. The third-order valence-electron chi connectivity index (χ3n) is 6.40. The molecule has 1 aliphatic heterocycles. The highest BCUT2D eigenvalue weighted by Gasteiger charge is 2.21. The third-order valence-corrected chi connectivity index (χ3v) is 6.40. The monoisotopic (exact) mass is 430 g/mol. The van der Waals surface area contributed by atoms with Crippen molar-refractivity contribution in [2.45, 2.75) is 39.2 Å². The Balaban J connectivity index is 1.55. The zero-order chi connectivity index (χ0) is 22.2. The van der Waals surface area contributed by atoms with Crippen molar-refractivity contribution in [3.05, 3.63) is 71.2 Å². The summed E-state index contributed by atoms with van der Waals surface area (Å²) in [4.78, 5) is 20.5. The van der Waals surface area contributed by atoms with Crippen LogP contribution in [0.3, 0.4) is 0 Å². The van der Waals surface area contributed by atoms with E-state index in [2.05, 4.69) is 33.0 Å². The molecule has 3 aromatic heterocycles. The van der Waals surface area contributed by atoms with Crippen LogP contribution in [0.2, 0.25) is 0 Å².